The minimum atomic E-state index is 0.0798. The molecule has 0 bridgehead atoms. The summed E-state index contributed by atoms with van der Waals surface area (Å²) in [5.74, 6) is 0.0798. The first-order valence-electron chi connectivity index (χ1n) is 4.33. The molecule has 0 unspecified atom stereocenters. The molecule has 1 amide bonds. The third-order valence-electron chi connectivity index (χ3n) is 2.03. The predicted molar refractivity (Wildman–Crippen MR) is 46.6 cm³/mol. The van der Waals surface area contributed by atoms with Crippen LogP contribution in [0.2, 0.25) is 0 Å². The number of carbonyl (C=O) groups is 1. The van der Waals surface area contributed by atoms with Gasteiger partial charge in [-0.15, -0.1) is 0 Å². The summed E-state index contributed by atoms with van der Waals surface area (Å²) in [5, 5.41) is 0. The van der Waals surface area contributed by atoms with Crippen LogP contribution < -0.4 is 0 Å². The molecule has 1 fully saturated rings. The van der Waals surface area contributed by atoms with Crippen molar-refractivity contribution in [1.82, 2.24) is 4.90 Å². The molecule has 0 N–H and O–H groups in total. The Kier molecular flexibility index (Phi) is 3.29. The standard InChI is InChI=1S/C9H15NO2/c1-3-8(4-2)10-5-6-12-7-9(10)11/h3H,4-7H2,1-2H3. The van der Waals surface area contributed by atoms with E-state index in [4.69, 9.17) is 4.74 Å². The van der Waals surface area contributed by atoms with Gasteiger partial charge < -0.3 is 9.64 Å². The Morgan fingerprint density at radius 3 is 3.00 bits per heavy atom. The van der Waals surface area contributed by atoms with E-state index in [1.165, 1.54) is 0 Å². The number of morpholine rings is 1. The molecule has 0 aromatic carbocycles. The maximum absolute atomic E-state index is 11.3. The smallest absolute Gasteiger partial charge is 0.252 e. The molecular formula is C9H15NO2. The molecule has 1 aliphatic rings. The van der Waals surface area contributed by atoms with Gasteiger partial charge in [-0.05, 0) is 13.3 Å². The van der Waals surface area contributed by atoms with Crippen molar-refractivity contribution < 1.29 is 9.53 Å². The highest BCUT2D eigenvalue weighted by atomic mass is 16.5. The molecule has 0 aromatic rings. The maximum atomic E-state index is 11.3. The van der Waals surface area contributed by atoms with Crippen LogP contribution in [-0.4, -0.2) is 30.6 Å². The fourth-order valence-electron chi connectivity index (χ4n) is 1.37. The first-order chi connectivity index (χ1) is 5.79. The van der Waals surface area contributed by atoms with E-state index < -0.39 is 0 Å². The highest BCUT2D eigenvalue weighted by molar-refractivity contribution is 5.79. The van der Waals surface area contributed by atoms with Gasteiger partial charge in [-0.1, -0.05) is 13.0 Å². The summed E-state index contributed by atoms with van der Waals surface area (Å²) in [6.45, 7) is 5.60. The average Bonchev–Trinajstić information content (AvgIpc) is 2.10. The van der Waals surface area contributed by atoms with Crippen LogP contribution in [0.4, 0.5) is 0 Å². The SMILES string of the molecule is CC=C(CC)N1CCOCC1=O. The molecule has 1 saturated heterocycles. The molecule has 3 heteroatoms. The number of amides is 1. The lowest BCUT2D eigenvalue weighted by molar-refractivity contribution is -0.140. The predicted octanol–water partition coefficient (Wildman–Crippen LogP) is 1.16. The van der Waals surface area contributed by atoms with Crippen molar-refractivity contribution in [2.45, 2.75) is 20.3 Å². The number of carbonyl (C=O) groups excluding carboxylic acids is 1. The monoisotopic (exact) mass is 169 g/mol. The Labute approximate surface area is 73.0 Å². The fourth-order valence-corrected chi connectivity index (χ4v) is 1.37. The Balaban J connectivity index is 2.64. The lowest BCUT2D eigenvalue weighted by Gasteiger charge is -2.28. The van der Waals surface area contributed by atoms with Crippen LogP contribution >= 0.6 is 0 Å². The number of ether oxygens (including phenoxy) is 1. The Bertz CT molecular complexity index is 199. The largest absolute Gasteiger partial charge is 0.370 e. The van der Waals surface area contributed by atoms with E-state index in [0.29, 0.717) is 13.2 Å². The van der Waals surface area contributed by atoms with Gasteiger partial charge in [-0.3, -0.25) is 4.79 Å². The summed E-state index contributed by atoms with van der Waals surface area (Å²) < 4.78 is 5.03. The third kappa shape index (κ3) is 1.85. The van der Waals surface area contributed by atoms with Gasteiger partial charge in [0.25, 0.3) is 5.91 Å². The summed E-state index contributed by atoms with van der Waals surface area (Å²) >= 11 is 0. The molecule has 3 nitrogen and oxygen atoms in total. The third-order valence-corrected chi connectivity index (χ3v) is 2.03. The van der Waals surface area contributed by atoms with Crippen LogP contribution in [-0.2, 0) is 9.53 Å². The highest BCUT2D eigenvalue weighted by Gasteiger charge is 2.20. The Hall–Kier alpha value is -0.830. The molecule has 0 atom stereocenters. The van der Waals surface area contributed by atoms with Gasteiger partial charge in [0.05, 0.1) is 6.61 Å². The van der Waals surface area contributed by atoms with Gasteiger partial charge in [0.2, 0.25) is 0 Å². The zero-order valence-corrected chi connectivity index (χ0v) is 7.67. The minimum Gasteiger partial charge on any atom is -0.370 e. The zero-order chi connectivity index (χ0) is 8.97. The van der Waals surface area contributed by atoms with Crippen LogP contribution in [0.5, 0.6) is 0 Å². The number of rotatable bonds is 2. The molecule has 12 heavy (non-hydrogen) atoms. The molecule has 0 radical (unpaired) electrons. The number of hydrogen-bond donors (Lipinski definition) is 0. The normalized spacial score (nSPS) is 20.0. The number of allylic oxidation sites excluding steroid dienone is 2. The molecule has 0 saturated carbocycles. The first-order valence-corrected chi connectivity index (χ1v) is 4.33. The fraction of sp³-hybridized carbons (Fsp3) is 0.667. The summed E-state index contributed by atoms with van der Waals surface area (Å²) in [7, 11) is 0. The van der Waals surface area contributed by atoms with Crippen molar-refractivity contribution >= 4 is 5.91 Å². The van der Waals surface area contributed by atoms with Crippen LogP contribution in [0.3, 0.4) is 0 Å². The molecule has 0 aromatic heterocycles. The van der Waals surface area contributed by atoms with Gasteiger partial charge in [0.15, 0.2) is 0 Å². The summed E-state index contributed by atoms with van der Waals surface area (Å²) in [4.78, 5) is 13.1. The zero-order valence-electron chi connectivity index (χ0n) is 7.67. The van der Waals surface area contributed by atoms with Gasteiger partial charge in [0, 0.05) is 12.2 Å². The van der Waals surface area contributed by atoms with E-state index in [2.05, 4.69) is 6.92 Å². The van der Waals surface area contributed by atoms with Crippen molar-refractivity contribution in [2.24, 2.45) is 0 Å². The van der Waals surface area contributed by atoms with Crippen molar-refractivity contribution in [1.29, 1.82) is 0 Å². The van der Waals surface area contributed by atoms with E-state index >= 15 is 0 Å². The second-order valence-electron chi connectivity index (χ2n) is 2.73. The van der Waals surface area contributed by atoms with Gasteiger partial charge in [0.1, 0.15) is 6.61 Å². The summed E-state index contributed by atoms with van der Waals surface area (Å²) in [6, 6.07) is 0. The molecule has 0 aliphatic carbocycles. The van der Waals surface area contributed by atoms with Gasteiger partial charge >= 0.3 is 0 Å². The summed E-state index contributed by atoms with van der Waals surface area (Å²) in [5.41, 5.74) is 1.10. The Morgan fingerprint density at radius 1 is 1.75 bits per heavy atom. The van der Waals surface area contributed by atoms with Crippen LogP contribution in [0, 0.1) is 0 Å². The highest BCUT2D eigenvalue weighted by Crippen LogP contribution is 2.11. The van der Waals surface area contributed by atoms with Crippen LogP contribution in [0.25, 0.3) is 0 Å². The second kappa shape index (κ2) is 4.26. The van der Waals surface area contributed by atoms with Crippen molar-refractivity contribution in [3.05, 3.63) is 11.8 Å². The van der Waals surface area contributed by atoms with E-state index in [1.807, 2.05) is 17.9 Å². The van der Waals surface area contributed by atoms with Crippen molar-refractivity contribution in [3.8, 4) is 0 Å². The topological polar surface area (TPSA) is 29.5 Å². The van der Waals surface area contributed by atoms with Gasteiger partial charge in [-0.25, -0.2) is 0 Å². The van der Waals surface area contributed by atoms with E-state index in [-0.39, 0.29) is 12.5 Å². The summed E-state index contributed by atoms with van der Waals surface area (Å²) in [6.07, 6.45) is 2.89. The van der Waals surface area contributed by atoms with Crippen LogP contribution in [0.15, 0.2) is 11.8 Å². The first kappa shape index (κ1) is 9.26. The molecule has 1 heterocycles. The molecule has 0 spiro atoms. The van der Waals surface area contributed by atoms with E-state index in [9.17, 15) is 4.79 Å². The Morgan fingerprint density at radius 2 is 2.50 bits per heavy atom. The average molecular weight is 169 g/mol. The maximum Gasteiger partial charge on any atom is 0.252 e. The van der Waals surface area contributed by atoms with Crippen molar-refractivity contribution in [2.75, 3.05) is 19.8 Å². The quantitative estimate of drug-likeness (QED) is 0.620. The lowest BCUT2D eigenvalue weighted by atomic mass is 10.2. The minimum absolute atomic E-state index is 0.0798. The van der Waals surface area contributed by atoms with Gasteiger partial charge in [-0.2, -0.15) is 0 Å². The molecule has 1 rings (SSSR count). The number of hydrogen-bond acceptors (Lipinski definition) is 2. The number of nitrogens with zero attached hydrogens (tertiary/aromatic N) is 1. The lowest BCUT2D eigenvalue weighted by Crippen LogP contribution is -2.40. The molecular weight excluding hydrogens is 154 g/mol. The second-order valence-corrected chi connectivity index (χ2v) is 2.73. The van der Waals surface area contributed by atoms with E-state index in [1.54, 1.807) is 0 Å². The van der Waals surface area contributed by atoms with Crippen molar-refractivity contribution in [3.63, 3.8) is 0 Å². The molecule has 68 valence electrons. The van der Waals surface area contributed by atoms with Crippen LogP contribution in [0.1, 0.15) is 20.3 Å². The van der Waals surface area contributed by atoms with E-state index in [0.717, 1.165) is 12.1 Å². The molecule has 1 aliphatic heterocycles.